The molecule has 1 heterocycles. The molecular weight excluding hydrogens is 426 g/mol. The van der Waals surface area contributed by atoms with Gasteiger partial charge in [0.1, 0.15) is 12.4 Å². The summed E-state index contributed by atoms with van der Waals surface area (Å²) in [5, 5.41) is 5.55. The summed E-state index contributed by atoms with van der Waals surface area (Å²) in [6, 6.07) is 3.62. The Balaban J connectivity index is 0.00000484. The molecule has 0 saturated carbocycles. The van der Waals surface area contributed by atoms with E-state index in [0.29, 0.717) is 38.7 Å². The van der Waals surface area contributed by atoms with Crippen LogP contribution in [0.15, 0.2) is 27.8 Å². The van der Waals surface area contributed by atoms with E-state index in [9.17, 15) is 13.2 Å². The number of alkyl halides is 3. The molecule has 1 aromatic rings. The van der Waals surface area contributed by atoms with Crippen LogP contribution in [0.4, 0.5) is 13.2 Å². The highest BCUT2D eigenvalue weighted by Crippen LogP contribution is 2.17. The van der Waals surface area contributed by atoms with Crippen molar-refractivity contribution < 1.29 is 22.3 Å². The Bertz CT molecular complexity index is 425. The molecule has 23 heavy (non-hydrogen) atoms. The van der Waals surface area contributed by atoms with E-state index in [-0.39, 0.29) is 30.5 Å². The van der Waals surface area contributed by atoms with E-state index in [1.807, 2.05) is 13.0 Å². The molecule has 5 nitrogen and oxygen atoms in total. The maximum Gasteiger partial charge on any atom is 0.390 e. The molecule has 0 aliphatic heterocycles. The number of rotatable bonds is 9. The summed E-state index contributed by atoms with van der Waals surface area (Å²) in [5.41, 5.74) is 0. The van der Waals surface area contributed by atoms with Gasteiger partial charge in [-0.1, -0.05) is 0 Å². The number of hydrogen-bond acceptors (Lipinski definition) is 3. The van der Waals surface area contributed by atoms with Gasteiger partial charge in [-0.2, -0.15) is 13.2 Å². The highest BCUT2D eigenvalue weighted by atomic mass is 127. The standard InChI is InChI=1S/C14H22F3N3O2.HI/c1-2-18-13(20-8-6-14(15,16)17)19-7-4-9-21-11-12-5-3-10-22-12;/h3,5,10H,2,4,6-9,11H2,1H3,(H2,18,19,20);1H. The SMILES string of the molecule is CCNC(=NCCCOCc1ccco1)NCCC(F)(F)F.I. The maximum absolute atomic E-state index is 12.1. The van der Waals surface area contributed by atoms with E-state index in [1.54, 1.807) is 12.3 Å². The van der Waals surface area contributed by atoms with Gasteiger partial charge in [0, 0.05) is 26.2 Å². The third kappa shape index (κ3) is 12.2. The lowest BCUT2D eigenvalue weighted by Gasteiger charge is -2.12. The molecule has 0 fully saturated rings. The van der Waals surface area contributed by atoms with Crippen molar-refractivity contribution in [3.05, 3.63) is 24.2 Å². The lowest BCUT2D eigenvalue weighted by molar-refractivity contribution is -0.132. The summed E-state index contributed by atoms with van der Waals surface area (Å²) < 4.78 is 46.7. The molecule has 134 valence electrons. The van der Waals surface area contributed by atoms with Gasteiger partial charge in [-0.05, 0) is 25.5 Å². The summed E-state index contributed by atoms with van der Waals surface area (Å²) in [5.74, 6) is 1.14. The normalized spacial score (nSPS) is 11.9. The number of nitrogens with one attached hydrogen (secondary N) is 2. The fraction of sp³-hybridized carbons (Fsp3) is 0.643. The van der Waals surface area contributed by atoms with E-state index in [0.717, 1.165) is 5.76 Å². The first-order chi connectivity index (χ1) is 10.5. The minimum Gasteiger partial charge on any atom is -0.467 e. The van der Waals surface area contributed by atoms with Crippen molar-refractivity contribution in [2.45, 2.75) is 32.5 Å². The lowest BCUT2D eigenvalue weighted by atomic mass is 10.4. The van der Waals surface area contributed by atoms with E-state index in [4.69, 9.17) is 9.15 Å². The van der Waals surface area contributed by atoms with Crippen LogP contribution in [-0.4, -0.2) is 38.4 Å². The van der Waals surface area contributed by atoms with Crippen molar-refractivity contribution in [3.63, 3.8) is 0 Å². The van der Waals surface area contributed by atoms with Crippen LogP contribution >= 0.6 is 24.0 Å². The number of ether oxygens (including phenoxy) is 1. The quantitative estimate of drug-likeness (QED) is 0.263. The fourth-order valence-electron chi connectivity index (χ4n) is 1.59. The summed E-state index contributed by atoms with van der Waals surface area (Å²) in [7, 11) is 0. The van der Waals surface area contributed by atoms with Crippen molar-refractivity contribution in [2.24, 2.45) is 4.99 Å². The smallest absolute Gasteiger partial charge is 0.390 e. The zero-order valence-electron chi connectivity index (χ0n) is 13.0. The van der Waals surface area contributed by atoms with Crippen molar-refractivity contribution in [3.8, 4) is 0 Å². The van der Waals surface area contributed by atoms with Gasteiger partial charge in [0.2, 0.25) is 0 Å². The van der Waals surface area contributed by atoms with Gasteiger partial charge in [0.25, 0.3) is 0 Å². The summed E-state index contributed by atoms with van der Waals surface area (Å²) in [6.07, 6.45) is -2.79. The summed E-state index contributed by atoms with van der Waals surface area (Å²) >= 11 is 0. The first kappa shape index (κ1) is 22.0. The van der Waals surface area contributed by atoms with Crippen LogP contribution in [0.3, 0.4) is 0 Å². The third-order valence-corrected chi connectivity index (χ3v) is 2.59. The van der Waals surface area contributed by atoms with Crippen LogP contribution in [0, 0.1) is 0 Å². The molecular formula is C14H23F3IN3O2. The van der Waals surface area contributed by atoms with Gasteiger partial charge in [0.05, 0.1) is 12.7 Å². The summed E-state index contributed by atoms with van der Waals surface area (Å²) in [4.78, 5) is 4.19. The van der Waals surface area contributed by atoms with Crippen LogP contribution in [0.2, 0.25) is 0 Å². The zero-order chi connectivity index (χ0) is 16.3. The number of furan rings is 1. The molecule has 0 aromatic carbocycles. The van der Waals surface area contributed by atoms with Crippen molar-refractivity contribution in [1.82, 2.24) is 10.6 Å². The average Bonchev–Trinajstić information content (AvgIpc) is 2.94. The lowest BCUT2D eigenvalue weighted by Crippen LogP contribution is -2.39. The van der Waals surface area contributed by atoms with Crippen LogP contribution in [0.5, 0.6) is 0 Å². The van der Waals surface area contributed by atoms with E-state index < -0.39 is 12.6 Å². The Morgan fingerprint density at radius 3 is 2.74 bits per heavy atom. The first-order valence-electron chi connectivity index (χ1n) is 7.20. The number of guanidine groups is 1. The Hall–Kier alpha value is -0.970. The van der Waals surface area contributed by atoms with Gasteiger partial charge in [-0.15, -0.1) is 24.0 Å². The molecule has 0 atom stereocenters. The number of hydrogen-bond donors (Lipinski definition) is 2. The second kappa shape index (κ2) is 12.5. The second-order valence-electron chi connectivity index (χ2n) is 4.54. The summed E-state index contributed by atoms with van der Waals surface area (Å²) in [6.45, 7) is 3.64. The number of halogens is 4. The van der Waals surface area contributed by atoms with E-state index in [1.165, 1.54) is 0 Å². The predicted octanol–water partition coefficient (Wildman–Crippen LogP) is 3.31. The largest absolute Gasteiger partial charge is 0.467 e. The van der Waals surface area contributed by atoms with Gasteiger partial charge in [-0.3, -0.25) is 4.99 Å². The Kier molecular flexibility index (Phi) is 11.9. The molecule has 0 bridgehead atoms. The molecule has 0 unspecified atom stereocenters. The minimum atomic E-state index is -4.16. The molecule has 1 aromatic heterocycles. The number of nitrogens with zero attached hydrogens (tertiary/aromatic N) is 1. The van der Waals surface area contributed by atoms with Crippen LogP contribution in [0.25, 0.3) is 0 Å². The molecule has 0 saturated heterocycles. The maximum atomic E-state index is 12.1. The predicted molar refractivity (Wildman–Crippen MR) is 93.0 cm³/mol. The first-order valence-corrected chi connectivity index (χ1v) is 7.20. The van der Waals surface area contributed by atoms with E-state index >= 15 is 0 Å². The van der Waals surface area contributed by atoms with Crippen molar-refractivity contribution in [1.29, 1.82) is 0 Å². The van der Waals surface area contributed by atoms with Gasteiger partial charge in [0.15, 0.2) is 5.96 Å². The molecule has 9 heteroatoms. The fourth-order valence-corrected chi connectivity index (χ4v) is 1.59. The van der Waals surface area contributed by atoms with Crippen molar-refractivity contribution in [2.75, 3.05) is 26.2 Å². The topological polar surface area (TPSA) is 58.8 Å². The Morgan fingerprint density at radius 2 is 2.13 bits per heavy atom. The highest BCUT2D eigenvalue weighted by Gasteiger charge is 2.26. The Labute approximate surface area is 151 Å². The number of aliphatic imine (C=N–C) groups is 1. The van der Waals surface area contributed by atoms with Crippen LogP contribution in [-0.2, 0) is 11.3 Å². The second-order valence-corrected chi connectivity index (χ2v) is 4.54. The van der Waals surface area contributed by atoms with E-state index in [2.05, 4.69) is 15.6 Å². The van der Waals surface area contributed by atoms with Crippen LogP contribution < -0.4 is 10.6 Å². The minimum absolute atomic E-state index is 0. The average molecular weight is 449 g/mol. The van der Waals surface area contributed by atoms with Gasteiger partial charge < -0.3 is 19.8 Å². The Morgan fingerprint density at radius 1 is 1.35 bits per heavy atom. The zero-order valence-corrected chi connectivity index (χ0v) is 15.3. The monoisotopic (exact) mass is 449 g/mol. The molecule has 0 radical (unpaired) electrons. The molecule has 0 spiro atoms. The van der Waals surface area contributed by atoms with Crippen molar-refractivity contribution >= 4 is 29.9 Å². The highest BCUT2D eigenvalue weighted by molar-refractivity contribution is 14.0. The molecule has 0 amide bonds. The van der Waals surface area contributed by atoms with Gasteiger partial charge >= 0.3 is 6.18 Å². The van der Waals surface area contributed by atoms with Gasteiger partial charge in [-0.25, -0.2) is 0 Å². The third-order valence-electron chi connectivity index (χ3n) is 2.59. The molecule has 1 rings (SSSR count). The molecule has 2 N–H and O–H groups in total. The molecule has 0 aliphatic carbocycles. The van der Waals surface area contributed by atoms with Crippen LogP contribution in [0.1, 0.15) is 25.5 Å². The molecule has 0 aliphatic rings.